The van der Waals surface area contributed by atoms with Gasteiger partial charge in [0.15, 0.2) is 11.5 Å². The molecule has 0 aliphatic carbocycles. The van der Waals surface area contributed by atoms with Gasteiger partial charge in [-0.1, -0.05) is 40.2 Å². The fourth-order valence-corrected chi connectivity index (χ4v) is 4.64. The molecule has 0 saturated carbocycles. The summed E-state index contributed by atoms with van der Waals surface area (Å²) in [7, 11) is 1.47. The summed E-state index contributed by atoms with van der Waals surface area (Å²) in [5, 5.41) is 1.61. The van der Waals surface area contributed by atoms with Crippen molar-refractivity contribution in [3.8, 4) is 11.5 Å². The standard InChI is InChI=1S/C27H20BrF3N2O5S/c1-37-22-11-17(7-10-21(22)38-15-16-5-8-19(28)9-6-16)12-23-25(35)33(26(36)39-23)14-24(34)32-20-4-2-3-18(13-20)27(29,30)31/h2-13H,14-15H2,1H3,(H,32,34)/b23-12-. The van der Waals surface area contributed by atoms with E-state index in [9.17, 15) is 27.6 Å². The Labute approximate surface area is 234 Å². The molecule has 1 aliphatic rings. The Morgan fingerprint density at radius 2 is 1.79 bits per heavy atom. The number of thioether (sulfide) groups is 1. The Bertz CT molecular complexity index is 1440. The molecule has 202 valence electrons. The average molecular weight is 621 g/mol. The predicted molar refractivity (Wildman–Crippen MR) is 144 cm³/mol. The van der Waals surface area contributed by atoms with Gasteiger partial charge in [-0.15, -0.1) is 0 Å². The minimum atomic E-state index is -4.58. The normalized spacial score (nSPS) is 14.6. The topological polar surface area (TPSA) is 84.9 Å². The van der Waals surface area contributed by atoms with Gasteiger partial charge in [-0.2, -0.15) is 13.2 Å². The zero-order valence-corrected chi connectivity index (χ0v) is 22.7. The molecule has 3 amide bonds. The lowest BCUT2D eigenvalue weighted by atomic mass is 10.1. The van der Waals surface area contributed by atoms with Crippen LogP contribution in [-0.2, 0) is 22.4 Å². The number of ether oxygens (including phenoxy) is 2. The van der Waals surface area contributed by atoms with Crippen LogP contribution in [0.15, 0.2) is 76.1 Å². The maximum Gasteiger partial charge on any atom is 0.416 e. The van der Waals surface area contributed by atoms with Gasteiger partial charge >= 0.3 is 6.18 Å². The van der Waals surface area contributed by atoms with Gasteiger partial charge in [0.05, 0.1) is 17.6 Å². The van der Waals surface area contributed by atoms with Gasteiger partial charge < -0.3 is 14.8 Å². The van der Waals surface area contributed by atoms with Crippen LogP contribution in [0.2, 0.25) is 0 Å². The summed E-state index contributed by atoms with van der Waals surface area (Å²) in [6, 6.07) is 16.7. The fraction of sp³-hybridized carbons (Fsp3) is 0.148. The number of carbonyl (C=O) groups excluding carboxylic acids is 3. The summed E-state index contributed by atoms with van der Waals surface area (Å²) < 4.78 is 51.0. The molecule has 1 N–H and O–H groups in total. The molecule has 1 heterocycles. The molecule has 0 atom stereocenters. The smallest absolute Gasteiger partial charge is 0.416 e. The molecule has 0 bridgehead atoms. The van der Waals surface area contributed by atoms with Gasteiger partial charge in [0.2, 0.25) is 5.91 Å². The fourth-order valence-electron chi connectivity index (χ4n) is 3.54. The van der Waals surface area contributed by atoms with E-state index in [-0.39, 0.29) is 10.6 Å². The second kappa shape index (κ2) is 12.0. The van der Waals surface area contributed by atoms with E-state index in [1.807, 2.05) is 24.3 Å². The van der Waals surface area contributed by atoms with Crippen LogP contribution < -0.4 is 14.8 Å². The molecule has 4 rings (SSSR count). The number of hydrogen-bond donors (Lipinski definition) is 1. The molecule has 0 spiro atoms. The van der Waals surface area contributed by atoms with E-state index in [4.69, 9.17) is 9.47 Å². The van der Waals surface area contributed by atoms with E-state index in [1.54, 1.807) is 18.2 Å². The number of imide groups is 1. The highest BCUT2D eigenvalue weighted by atomic mass is 79.9. The highest BCUT2D eigenvalue weighted by Gasteiger charge is 2.36. The van der Waals surface area contributed by atoms with Crippen LogP contribution >= 0.6 is 27.7 Å². The molecule has 3 aromatic carbocycles. The maximum atomic E-state index is 12.9. The molecule has 0 aromatic heterocycles. The van der Waals surface area contributed by atoms with Crippen LogP contribution in [0.25, 0.3) is 6.08 Å². The number of alkyl halides is 3. The number of methoxy groups -OCH3 is 1. The van der Waals surface area contributed by atoms with Crippen LogP contribution in [0, 0.1) is 0 Å². The molecule has 0 unspecified atom stereocenters. The minimum absolute atomic E-state index is 0.0810. The van der Waals surface area contributed by atoms with Crippen molar-refractivity contribution >= 4 is 56.5 Å². The van der Waals surface area contributed by atoms with E-state index in [0.29, 0.717) is 35.4 Å². The van der Waals surface area contributed by atoms with E-state index in [1.165, 1.54) is 19.3 Å². The van der Waals surface area contributed by atoms with Gasteiger partial charge in [0.1, 0.15) is 13.2 Å². The Kier molecular flexibility index (Phi) is 8.66. The Morgan fingerprint density at radius 1 is 1.05 bits per heavy atom. The highest BCUT2D eigenvalue weighted by Crippen LogP contribution is 2.35. The van der Waals surface area contributed by atoms with Gasteiger partial charge in [-0.05, 0) is 71.4 Å². The first-order valence-corrected chi connectivity index (χ1v) is 12.9. The van der Waals surface area contributed by atoms with Crippen molar-refractivity contribution in [3.05, 3.63) is 92.8 Å². The average Bonchev–Trinajstić information content (AvgIpc) is 3.15. The van der Waals surface area contributed by atoms with Crippen molar-refractivity contribution in [1.29, 1.82) is 0 Å². The van der Waals surface area contributed by atoms with Crippen molar-refractivity contribution in [2.24, 2.45) is 0 Å². The number of nitrogens with zero attached hydrogens (tertiary/aromatic N) is 1. The van der Waals surface area contributed by atoms with Gasteiger partial charge in [0, 0.05) is 10.2 Å². The van der Waals surface area contributed by atoms with Crippen LogP contribution in [0.1, 0.15) is 16.7 Å². The number of hydrogen-bond acceptors (Lipinski definition) is 6. The summed E-state index contributed by atoms with van der Waals surface area (Å²) in [6.45, 7) is -0.338. The number of nitrogens with one attached hydrogen (secondary N) is 1. The molecular weight excluding hydrogens is 601 g/mol. The second-order valence-electron chi connectivity index (χ2n) is 8.22. The van der Waals surface area contributed by atoms with Gasteiger partial charge in [-0.25, -0.2) is 0 Å². The number of amides is 3. The Balaban J connectivity index is 1.41. The zero-order chi connectivity index (χ0) is 28.2. The monoisotopic (exact) mass is 620 g/mol. The van der Waals surface area contributed by atoms with Crippen molar-refractivity contribution in [2.75, 3.05) is 19.0 Å². The SMILES string of the molecule is COc1cc(/C=C2\SC(=O)N(CC(=O)Nc3cccc(C(F)(F)F)c3)C2=O)ccc1OCc1ccc(Br)cc1. The number of carbonyl (C=O) groups is 3. The molecule has 0 radical (unpaired) electrons. The van der Waals surface area contributed by atoms with Crippen molar-refractivity contribution in [3.63, 3.8) is 0 Å². The molecule has 3 aromatic rings. The number of benzene rings is 3. The molecule has 1 fully saturated rings. The number of halogens is 4. The molecule has 12 heteroatoms. The van der Waals surface area contributed by atoms with Crippen LogP contribution in [-0.4, -0.2) is 35.6 Å². The number of anilines is 1. The first kappa shape index (κ1) is 28.2. The largest absolute Gasteiger partial charge is 0.493 e. The molecule has 1 saturated heterocycles. The van der Waals surface area contributed by atoms with E-state index >= 15 is 0 Å². The molecule has 1 aliphatic heterocycles. The van der Waals surface area contributed by atoms with E-state index in [0.717, 1.165) is 33.1 Å². The van der Waals surface area contributed by atoms with E-state index < -0.39 is 35.3 Å². The van der Waals surface area contributed by atoms with Crippen LogP contribution in [0.3, 0.4) is 0 Å². The van der Waals surface area contributed by atoms with Gasteiger partial charge in [0.25, 0.3) is 11.1 Å². The summed E-state index contributed by atoms with van der Waals surface area (Å²) in [4.78, 5) is 38.5. The lowest BCUT2D eigenvalue weighted by molar-refractivity contribution is -0.137. The first-order chi connectivity index (χ1) is 18.5. The molecule has 7 nitrogen and oxygen atoms in total. The van der Waals surface area contributed by atoms with Crippen molar-refractivity contribution < 1.29 is 37.0 Å². The van der Waals surface area contributed by atoms with Crippen LogP contribution in [0.4, 0.5) is 23.7 Å². The van der Waals surface area contributed by atoms with Crippen molar-refractivity contribution in [2.45, 2.75) is 12.8 Å². The lowest BCUT2D eigenvalue weighted by Gasteiger charge is -2.13. The highest BCUT2D eigenvalue weighted by molar-refractivity contribution is 9.10. The number of rotatable bonds is 8. The Hall–Kier alpha value is -3.77. The zero-order valence-electron chi connectivity index (χ0n) is 20.3. The lowest BCUT2D eigenvalue weighted by Crippen LogP contribution is -2.36. The molecule has 39 heavy (non-hydrogen) atoms. The third-order valence-corrected chi connectivity index (χ3v) is 6.88. The third-order valence-electron chi connectivity index (χ3n) is 5.44. The predicted octanol–water partition coefficient (Wildman–Crippen LogP) is 6.73. The maximum absolute atomic E-state index is 12.9. The van der Waals surface area contributed by atoms with E-state index in [2.05, 4.69) is 21.2 Å². The summed E-state index contributed by atoms with van der Waals surface area (Å²) in [5.74, 6) is -0.608. The Morgan fingerprint density at radius 3 is 2.49 bits per heavy atom. The summed E-state index contributed by atoms with van der Waals surface area (Å²) in [6.07, 6.45) is -3.10. The second-order valence-corrected chi connectivity index (χ2v) is 10.1. The quantitative estimate of drug-likeness (QED) is 0.281. The molecular formula is C27H20BrF3N2O5S. The van der Waals surface area contributed by atoms with Gasteiger partial charge in [-0.3, -0.25) is 19.3 Å². The third kappa shape index (κ3) is 7.21. The summed E-state index contributed by atoms with van der Waals surface area (Å²) in [5.41, 5.74) is 0.471. The van der Waals surface area contributed by atoms with Crippen molar-refractivity contribution in [1.82, 2.24) is 4.90 Å². The minimum Gasteiger partial charge on any atom is -0.493 e. The first-order valence-electron chi connectivity index (χ1n) is 11.3. The van der Waals surface area contributed by atoms with Crippen LogP contribution in [0.5, 0.6) is 11.5 Å². The summed E-state index contributed by atoms with van der Waals surface area (Å²) >= 11 is 4.03.